The molecule has 0 saturated carbocycles. The van der Waals surface area contributed by atoms with Crippen molar-refractivity contribution < 1.29 is 4.63 Å². The quantitative estimate of drug-likeness (QED) is 0.334. The lowest BCUT2D eigenvalue weighted by Crippen LogP contribution is -2.09. The Morgan fingerprint density at radius 1 is 1.00 bits per heavy atom. The lowest BCUT2D eigenvalue weighted by atomic mass is 9.97. The van der Waals surface area contributed by atoms with Crippen molar-refractivity contribution in [3.63, 3.8) is 0 Å². The molecule has 0 spiro atoms. The standard InChI is InChI=1S/C26H17ClN6O/c1-15-18(13-16-9-11-17(27)12-10-16)25(30-21-6-4-7-22-24(21)32-34-31-22)33-23-8-3-2-5-20(23)29-26(33)19(15)14-28/h2-12,30H,13H2,1H3. The molecule has 0 bridgehead atoms. The molecule has 1 N–H and O–H groups in total. The van der Waals surface area contributed by atoms with E-state index in [1.165, 1.54) is 0 Å². The van der Waals surface area contributed by atoms with Crippen molar-refractivity contribution in [3.05, 3.63) is 94.0 Å². The van der Waals surface area contributed by atoms with Crippen molar-refractivity contribution in [2.24, 2.45) is 0 Å². The SMILES string of the molecule is Cc1c(Cc2ccc(Cl)cc2)c(Nc2cccc3nonc23)n2c(nc3ccccc32)c1C#N. The zero-order valence-electron chi connectivity index (χ0n) is 18.1. The molecule has 0 unspecified atom stereocenters. The molecule has 7 nitrogen and oxygen atoms in total. The van der Waals surface area contributed by atoms with Gasteiger partial charge < -0.3 is 5.32 Å². The molecule has 6 rings (SSSR count). The molecular formula is C26H17ClN6O. The summed E-state index contributed by atoms with van der Waals surface area (Å²) in [4.78, 5) is 4.80. The maximum atomic E-state index is 10.1. The number of hydrogen-bond acceptors (Lipinski definition) is 6. The summed E-state index contributed by atoms with van der Waals surface area (Å²) in [5, 5.41) is 22.4. The van der Waals surface area contributed by atoms with Gasteiger partial charge in [0.25, 0.3) is 0 Å². The minimum Gasteiger partial charge on any atom is -0.339 e. The summed E-state index contributed by atoms with van der Waals surface area (Å²) in [5.74, 6) is 0.811. The monoisotopic (exact) mass is 464 g/mol. The highest BCUT2D eigenvalue weighted by Gasteiger charge is 2.22. The van der Waals surface area contributed by atoms with Crippen LogP contribution in [-0.2, 0) is 6.42 Å². The van der Waals surface area contributed by atoms with Crippen LogP contribution in [0.1, 0.15) is 22.3 Å². The van der Waals surface area contributed by atoms with Crippen LogP contribution in [0.4, 0.5) is 11.5 Å². The van der Waals surface area contributed by atoms with Crippen LogP contribution < -0.4 is 5.32 Å². The number of anilines is 2. The van der Waals surface area contributed by atoms with Crippen LogP contribution in [0.2, 0.25) is 5.02 Å². The molecule has 0 amide bonds. The van der Waals surface area contributed by atoms with Crippen molar-refractivity contribution in [2.75, 3.05) is 5.32 Å². The third-order valence-corrected chi connectivity index (χ3v) is 6.32. The Morgan fingerprint density at radius 2 is 1.79 bits per heavy atom. The summed E-state index contributed by atoms with van der Waals surface area (Å²) in [7, 11) is 0. The number of rotatable bonds is 4. The van der Waals surface area contributed by atoms with Gasteiger partial charge in [0, 0.05) is 17.0 Å². The number of aromatic nitrogens is 4. The molecule has 34 heavy (non-hydrogen) atoms. The third-order valence-electron chi connectivity index (χ3n) is 6.07. The highest BCUT2D eigenvalue weighted by molar-refractivity contribution is 6.30. The molecule has 0 radical (unpaired) electrons. The molecule has 0 aliphatic carbocycles. The van der Waals surface area contributed by atoms with Gasteiger partial charge in [0.05, 0.1) is 22.3 Å². The van der Waals surface area contributed by atoms with Gasteiger partial charge in [-0.25, -0.2) is 9.61 Å². The van der Waals surface area contributed by atoms with Crippen molar-refractivity contribution in [1.29, 1.82) is 5.26 Å². The van der Waals surface area contributed by atoms with Crippen LogP contribution >= 0.6 is 11.6 Å². The predicted octanol–water partition coefficient (Wildman–Crippen LogP) is 6.19. The summed E-state index contributed by atoms with van der Waals surface area (Å²) in [5.41, 5.74) is 7.81. The molecular weight excluding hydrogens is 448 g/mol. The van der Waals surface area contributed by atoms with E-state index in [-0.39, 0.29) is 0 Å². The molecule has 6 aromatic rings. The van der Waals surface area contributed by atoms with Crippen molar-refractivity contribution in [2.45, 2.75) is 13.3 Å². The summed E-state index contributed by atoms with van der Waals surface area (Å²) in [6, 6.07) is 23.6. The third kappa shape index (κ3) is 3.16. The van der Waals surface area contributed by atoms with E-state index < -0.39 is 0 Å². The number of para-hydroxylation sites is 2. The summed E-state index contributed by atoms with van der Waals surface area (Å²) < 4.78 is 6.98. The number of hydrogen-bond donors (Lipinski definition) is 1. The zero-order chi connectivity index (χ0) is 23.2. The second-order valence-corrected chi connectivity index (χ2v) is 8.50. The van der Waals surface area contributed by atoms with Gasteiger partial charge in [-0.3, -0.25) is 4.40 Å². The lowest BCUT2D eigenvalue weighted by molar-refractivity contribution is 0.315. The number of halogens is 1. The van der Waals surface area contributed by atoms with Gasteiger partial charge in [-0.05, 0) is 64.8 Å². The Kier molecular flexibility index (Phi) is 4.68. The molecule has 0 aliphatic heterocycles. The maximum absolute atomic E-state index is 10.1. The van der Waals surface area contributed by atoms with Crippen LogP contribution in [0.5, 0.6) is 0 Å². The Labute approximate surface area is 199 Å². The molecule has 0 saturated heterocycles. The fourth-order valence-corrected chi connectivity index (χ4v) is 4.50. The van der Waals surface area contributed by atoms with Gasteiger partial charge in [-0.1, -0.05) is 41.9 Å². The first kappa shape index (κ1) is 20.2. The fraction of sp³-hybridized carbons (Fsp3) is 0.0769. The minimum absolute atomic E-state index is 0.548. The van der Waals surface area contributed by atoms with Crippen molar-refractivity contribution in [1.82, 2.24) is 19.7 Å². The largest absolute Gasteiger partial charge is 0.339 e. The summed E-state index contributed by atoms with van der Waals surface area (Å²) in [6.45, 7) is 1.96. The van der Waals surface area contributed by atoms with E-state index in [9.17, 15) is 5.26 Å². The number of imidazole rings is 1. The normalized spacial score (nSPS) is 11.3. The lowest BCUT2D eigenvalue weighted by Gasteiger charge is -2.19. The first-order chi connectivity index (χ1) is 16.6. The van der Waals surface area contributed by atoms with E-state index in [2.05, 4.69) is 21.7 Å². The molecule has 8 heteroatoms. The average molecular weight is 465 g/mol. The molecule has 3 aromatic carbocycles. The minimum atomic E-state index is 0.548. The van der Waals surface area contributed by atoms with Crippen molar-refractivity contribution in [3.8, 4) is 6.07 Å². The molecule has 3 heterocycles. The first-order valence-electron chi connectivity index (χ1n) is 10.7. The number of nitriles is 1. The molecule has 0 aliphatic rings. The number of fused-ring (bicyclic) bond motifs is 4. The maximum Gasteiger partial charge on any atom is 0.158 e. The van der Waals surface area contributed by atoms with Crippen LogP contribution in [0.25, 0.3) is 27.7 Å². The van der Waals surface area contributed by atoms with E-state index >= 15 is 0 Å². The van der Waals surface area contributed by atoms with Gasteiger partial charge in [-0.15, -0.1) is 0 Å². The van der Waals surface area contributed by atoms with Gasteiger partial charge in [-0.2, -0.15) is 5.26 Å². The number of nitrogens with one attached hydrogen (secondary N) is 1. The molecule has 3 aromatic heterocycles. The second kappa shape index (κ2) is 7.87. The van der Waals surface area contributed by atoms with Crippen molar-refractivity contribution >= 4 is 50.8 Å². The molecule has 164 valence electrons. The Balaban J connectivity index is 1.68. The smallest absolute Gasteiger partial charge is 0.158 e. The topological polar surface area (TPSA) is 92.0 Å². The fourth-order valence-electron chi connectivity index (χ4n) is 4.37. The number of benzene rings is 3. The Bertz CT molecular complexity index is 1740. The summed E-state index contributed by atoms with van der Waals surface area (Å²) >= 11 is 6.12. The first-order valence-corrected chi connectivity index (χ1v) is 11.1. The second-order valence-electron chi connectivity index (χ2n) is 8.06. The van der Waals surface area contributed by atoms with Crippen LogP contribution in [0.3, 0.4) is 0 Å². The van der Waals surface area contributed by atoms with Crippen LogP contribution in [0, 0.1) is 18.3 Å². The number of pyridine rings is 1. The van der Waals surface area contributed by atoms with Gasteiger partial charge >= 0.3 is 0 Å². The molecule has 0 fully saturated rings. The highest BCUT2D eigenvalue weighted by Crippen LogP contribution is 2.35. The van der Waals surface area contributed by atoms with E-state index in [1.807, 2.05) is 78.1 Å². The van der Waals surface area contributed by atoms with Gasteiger partial charge in [0.2, 0.25) is 0 Å². The van der Waals surface area contributed by atoms with E-state index in [1.54, 1.807) is 0 Å². The van der Waals surface area contributed by atoms with Crippen LogP contribution in [0.15, 0.2) is 71.4 Å². The summed E-state index contributed by atoms with van der Waals surface area (Å²) in [6.07, 6.45) is 0.593. The Morgan fingerprint density at radius 3 is 2.62 bits per heavy atom. The van der Waals surface area contributed by atoms with E-state index in [4.69, 9.17) is 21.2 Å². The molecule has 0 atom stereocenters. The highest BCUT2D eigenvalue weighted by atomic mass is 35.5. The number of nitrogens with zero attached hydrogens (tertiary/aromatic N) is 5. The van der Waals surface area contributed by atoms with Crippen LogP contribution in [-0.4, -0.2) is 19.7 Å². The zero-order valence-corrected chi connectivity index (χ0v) is 18.8. The van der Waals surface area contributed by atoms with Gasteiger partial charge in [0.1, 0.15) is 17.4 Å². The predicted molar refractivity (Wildman–Crippen MR) is 131 cm³/mol. The van der Waals surface area contributed by atoms with Gasteiger partial charge in [0.15, 0.2) is 11.2 Å². The van der Waals surface area contributed by atoms with E-state index in [0.29, 0.717) is 33.7 Å². The Hall–Kier alpha value is -4.41. The average Bonchev–Trinajstić information content (AvgIpc) is 3.48. The van der Waals surface area contributed by atoms with E-state index in [0.717, 1.165) is 39.2 Å².